The van der Waals surface area contributed by atoms with Crippen LogP contribution >= 0.6 is 11.6 Å². The molecule has 20 heavy (non-hydrogen) atoms. The molecule has 1 heterocycles. The molecule has 2 rings (SSSR count). The Morgan fingerprint density at radius 2 is 2.05 bits per heavy atom. The highest BCUT2D eigenvalue weighted by Gasteiger charge is 2.41. The van der Waals surface area contributed by atoms with Crippen LogP contribution in [0, 0.1) is 5.41 Å². The molecule has 0 bridgehead atoms. The Hall–Kier alpha value is -1.69. The topological polar surface area (TPSA) is 92.2 Å². The lowest BCUT2D eigenvalue weighted by Crippen LogP contribution is -2.37. The molecule has 1 aromatic rings. The standard InChI is InChI=1S/C13H16ClN3O3/c14-9-4-7-15-12(16-9)17-10(18)8-13(11(19)20)5-2-1-3-6-13/h4,7H,1-3,5-6,8H2,(H,19,20)(H,15,16,17,18). The molecule has 1 saturated carbocycles. The second-order valence-electron chi connectivity index (χ2n) is 5.07. The molecule has 7 heteroatoms. The minimum Gasteiger partial charge on any atom is -0.481 e. The van der Waals surface area contributed by atoms with Crippen molar-refractivity contribution >= 4 is 29.4 Å². The molecule has 0 spiro atoms. The summed E-state index contributed by atoms with van der Waals surface area (Å²) < 4.78 is 0. The van der Waals surface area contributed by atoms with Crippen molar-refractivity contribution in [3.05, 3.63) is 17.4 Å². The smallest absolute Gasteiger partial charge is 0.310 e. The summed E-state index contributed by atoms with van der Waals surface area (Å²) in [7, 11) is 0. The number of nitrogens with zero attached hydrogens (tertiary/aromatic N) is 2. The van der Waals surface area contributed by atoms with Crippen molar-refractivity contribution in [3.8, 4) is 0 Å². The van der Waals surface area contributed by atoms with E-state index in [4.69, 9.17) is 11.6 Å². The first kappa shape index (κ1) is 14.7. The van der Waals surface area contributed by atoms with Crippen LogP contribution in [0.5, 0.6) is 0 Å². The average Bonchev–Trinajstić information content (AvgIpc) is 2.39. The fraction of sp³-hybridized carbons (Fsp3) is 0.538. The molecule has 1 aliphatic carbocycles. The van der Waals surface area contributed by atoms with E-state index in [0.29, 0.717) is 12.8 Å². The third kappa shape index (κ3) is 3.45. The number of halogens is 1. The Morgan fingerprint density at radius 3 is 2.65 bits per heavy atom. The van der Waals surface area contributed by atoms with E-state index in [1.54, 1.807) is 0 Å². The van der Waals surface area contributed by atoms with Crippen LogP contribution in [-0.4, -0.2) is 27.0 Å². The number of aliphatic carboxylic acids is 1. The van der Waals surface area contributed by atoms with E-state index in [0.717, 1.165) is 19.3 Å². The summed E-state index contributed by atoms with van der Waals surface area (Å²) >= 11 is 5.70. The lowest BCUT2D eigenvalue weighted by molar-refractivity contribution is -0.153. The molecular formula is C13H16ClN3O3. The summed E-state index contributed by atoms with van der Waals surface area (Å²) in [5.74, 6) is -1.20. The van der Waals surface area contributed by atoms with Gasteiger partial charge in [-0.3, -0.25) is 14.9 Å². The fourth-order valence-electron chi connectivity index (χ4n) is 2.57. The number of hydrogen-bond acceptors (Lipinski definition) is 4. The minimum absolute atomic E-state index is 0.0573. The predicted molar refractivity (Wildman–Crippen MR) is 73.4 cm³/mol. The van der Waals surface area contributed by atoms with Gasteiger partial charge in [0.1, 0.15) is 5.15 Å². The number of aromatic nitrogens is 2. The lowest BCUT2D eigenvalue weighted by Gasteiger charge is -2.32. The Bertz CT molecular complexity index is 515. The highest BCUT2D eigenvalue weighted by atomic mass is 35.5. The maximum atomic E-state index is 12.0. The van der Waals surface area contributed by atoms with E-state index in [1.165, 1.54) is 12.3 Å². The zero-order valence-corrected chi connectivity index (χ0v) is 11.7. The largest absolute Gasteiger partial charge is 0.481 e. The van der Waals surface area contributed by atoms with Gasteiger partial charge in [0.2, 0.25) is 11.9 Å². The molecule has 108 valence electrons. The second-order valence-corrected chi connectivity index (χ2v) is 5.46. The van der Waals surface area contributed by atoms with Gasteiger partial charge in [0.15, 0.2) is 0 Å². The molecular weight excluding hydrogens is 282 g/mol. The van der Waals surface area contributed by atoms with Gasteiger partial charge < -0.3 is 5.11 Å². The zero-order chi connectivity index (χ0) is 14.6. The lowest BCUT2D eigenvalue weighted by atomic mass is 9.71. The van der Waals surface area contributed by atoms with Crippen LogP contribution in [0.3, 0.4) is 0 Å². The van der Waals surface area contributed by atoms with Crippen molar-refractivity contribution in [3.63, 3.8) is 0 Å². The van der Waals surface area contributed by atoms with Gasteiger partial charge in [-0.25, -0.2) is 9.97 Å². The van der Waals surface area contributed by atoms with E-state index < -0.39 is 17.3 Å². The number of carbonyl (C=O) groups is 2. The van der Waals surface area contributed by atoms with Crippen molar-refractivity contribution < 1.29 is 14.7 Å². The monoisotopic (exact) mass is 297 g/mol. The SMILES string of the molecule is O=C(CC1(C(=O)O)CCCCC1)Nc1nccc(Cl)n1. The van der Waals surface area contributed by atoms with Crippen LogP contribution in [0.2, 0.25) is 5.15 Å². The molecule has 1 fully saturated rings. The Labute approximate surface area is 121 Å². The number of carboxylic acid groups (broad SMARTS) is 1. The summed E-state index contributed by atoms with van der Waals surface area (Å²) in [6.45, 7) is 0. The summed E-state index contributed by atoms with van der Waals surface area (Å²) in [5.41, 5.74) is -0.957. The van der Waals surface area contributed by atoms with Crippen molar-refractivity contribution in [1.29, 1.82) is 0 Å². The number of carboxylic acids is 1. The molecule has 1 aromatic heterocycles. The number of hydrogen-bond donors (Lipinski definition) is 2. The molecule has 0 atom stereocenters. The Kier molecular flexibility index (Phi) is 4.54. The Balaban J connectivity index is 2.03. The predicted octanol–water partition coefficient (Wildman–Crippen LogP) is 2.49. The van der Waals surface area contributed by atoms with Crippen molar-refractivity contribution in [1.82, 2.24) is 9.97 Å². The number of nitrogens with one attached hydrogen (secondary N) is 1. The van der Waals surface area contributed by atoms with Crippen LogP contribution in [0.1, 0.15) is 38.5 Å². The van der Waals surface area contributed by atoms with Gasteiger partial charge in [-0.05, 0) is 18.9 Å². The molecule has 0 aromatic carbocycles. The van der Waals surface area contributed by atoms with Gasteiger partial charge in [-0.2, -0.15) is 0 Å². The van der Waals surface area contributed by atoms with Gasteiger partial charge in [0, 0.05) is 12.6 Å². The third-order valence-corrected chi connectivity index (χ3v) is 3.85. The first-order valence-electron chi connectivity index (χ1n) is 6.54. The fourth-order valence-corrected chi connectivity index (χ4v) is 2.70. The van der Waals surface area contributed by atoms with E-state index in [9.17, 15) is 14.7 Å². The van der Waals surface area contributed by atoms with Gasteiger partial charge in [-0.15, -0.1) is 0 Å². The van der Waals surface area contributed by atoms with Crippen LogP contribution in [0.15, 0.2) is 12.3 Å². The van der Waals surface area contributed by atoms with Gasteiger partial charge in [-0.1, -0.05) is 30.9 Å². The van der Waals surface area contributed by atoms with Crippen molar-refractivity contribution in [2.45, 2.75) is 38.5 Å². The first-order valence-corrected chi connectivity index (χ1v) is 6.91. The van der Waals surface area contributed by atoms with Crippen molar-refractivity contribution in [2.75, 3.05) is 5.32 Å². The van der Waals surface area contributed by atoms with E-state index >= 15 is 0 Å². The maximum Gasteiger partial charge on any atom is 0.310 e. The summed E-state index contributed by atoms with van der Waals surface area (Å²) in [5, 5.41) is 12.1. The Morgan fingerprint density at radius 1 is 1.35 bits per heavy atom. The number of rotatable bonds is 4. The summed E-state index contributed by atoms with van der Waals surface area (Å²) in [6, 6.07) is 1.50. The molecule has 1 aliphatic rings. The van der Waals surface area contributed by atoms with E-state index in [2.05, 4.69) is 15.3 Å². The van der Waals surface area contributed by atoms with Gasteiger partial charge in [0.25, 0.3) is 0 Å². The highest BCUT2D eigenvalue weighted by Crippen LogP contribution is 2.39. The number of carbonyl (C=O) groups excluding carboxylic acids is 1. The normalized spacial score (nSPS) is 17.4. The molecule has 1 amide bonds. The van der Waals surface area contributed by atoms with Crippen LogP contribution in [-0.2, 0) is 9.59 Å². The highest BCUT2D eigenvalue weighted by molar-refractivity contribution is 6.29. The van der Waals surface area contributed by atoms with Crippen molar-refractivity contribution in [2.24, 2.45) is 5.41 Å². The molecule has 2 N–H and O–H groups in total. The summed E-state index contributed by atoms with van der Waals surface area (Å²) in [4.78, 5) is 31.2. The second kappa shape index (κ2) is 6.17. The van der Waals surface area contributed by atoms with Gasteiger partial charge >= 0.3 is 5.97 Å². The quantitative estimate of drug-likeness (QED) is 0.833. The number of amides is 1. The molecule has 6 nitrogen and oxygen atoms in total. The van der Waals surface area contributed by atoms with E-state index in [-0.39, 0.29) is 17.5 Å². The average molecular weight is 298 g/mol. The first-order chi connectivity index (χ1) is 9.52. The molecule has 0 aliphatic heterocycles. The molecule has 0 unspecified atom stereocenters. The minimum atomic E-state index is -0.957. The molecule has 0 saturated heterocycles. The van der Waals surface area contributed by atoms with Crippen LogP contribution in [0.25, 0.3) is 0 Å². The zero-order valence-electron chi connectivity index (χ0n) is 10.9. The van der Waals surface area contributed by atoms with Gasteiger partial charge in [0.05, 0.1) is 5.41 Å². The number of anilines is 1. The van der Waals surface area contributed by atoms with E-state index in [1.807, 2.05) is 0 Å². The summed E-state index contributed by atoms with van der Waals surface area (Å²) in [6.07, 6.45) is 5.14. The maximum absolute atomic E-state index is 12.0. The van der Waals surface area contributed by atoms with Crippen LogP contribution < -0.4 is 5.32 Å². The third-order valence-electron chi connectivity index (χ3n) is 3.64. The molecule has 0 radical (unpaired) electrons. The van der Waals surface area contributed by atoms with Crippen LogP contribution in [0.4, 0.5) is 5.95 Å².